The van der Waals surface area contributed by atoms with E-state index in [2.05, 4.69) is 16.8 Å². The first kappa shape index (κ1) is 22.8. The van der Waals surface area contributed by atoms with Gasteiger partial charge in [0, 0.05) is 32.2 Å². The molecular formula is C24H26N4O4S. The monoisotopic (exact) mass is 466 g/mol. The number of aliphatic imine (C=N–C) groups is 1. The van der Waals surface area contributed by atoms with Crippen molar-refractivity contribution < 1.29 is 14.5 Å². The Morgan fingerprint density at radius 3 is 2.48 bits per heavy atom. The van der Waals surface area contributed by atoms with Crippen LogP contribution in [0.4, 0.5) is 11.4 Å². The summed E-state index contributed by atoms with van der Waals surface area (Å²) in [5, 5.41) is 12.0. The number of nitrogens with zero attached hydrogens (tertiary/aromatic N) is 4. The van der Waals surface area contributed by atoms with Gasteiger partial charge in [-0.2, -0.15) is 4.99 Å². The molecule has 0 aliphatic carbocycles. The van der Waals surface area contributed by atoms with Crippen LogP contribution in [0.25, 0.3) is 6.08 Å². The van der Waals surface area contributed by atoms with Gasteiger partial charge in [0.25, 0.3) is 11.6 Å². The molecule has 1 saturated heterocycles. The molecule has 0 aromatic heterocycles. The minimum Gasteiger partial charge on any atom is -0.494 e. The lowest BCUT2D eigenvalue weighted by molar-refractivity contribution is -0.384. The number of carbonyl (C=O) groups excluding carboxylic acids is 1. The summed E-state index contributed by atoms with van der Waals surface area (Å²) >= 11 is 1.38. The minimum absolute atomic E-state index is 0.112. The van der Waals surface area contributed by atoms with E-state index >= 15 is 0 Å². The van der Waals surface area contributed by atoms with Gasteiger partial charge in [-0.25, -0.2) is 0 Å². The lowest BCUT2D eigenvalue weighted by Gasteiger charge is -2.36. The molecule has 4 rings (SSSR count). The van der Waals surface area contributed by atoms with Crippen molar-refractivity contribution >= 4 is 40.3 Å². The van der Waals surface area contributed by atoms with Gasteiger partial charge in [-0.3, -0.25) is 14.9 Å². The number of amides is 1. The Bertz CT molecular complexity index is 1080. The number of nitro benzene ring substituents is 1. The molecule has 0 bridgehead atoms. The summed E-state index contributed by atoms with van der Waals surface area (Å²) in [4.78, 5) is 32.4. The van der Waals surface area contributed by atoms with Gasteiger partial charge in [-0.05, 0) is 48.0 Å². The predicted octanol–water partition coefficient (Wildman–Crippen LogP) is 4.57. The first-order chi connectivity index (χ1) is 16.0. The third kappa shape index (κ3) is 5.54. The lowest BCUT2D eigenvalue weighted by atomic mass is 10.2. The fraction of sp³-hybridized carbons (Fsp3) is 0.333. The highest BCUT2D eigenvalue weighted by atomic mass is 32.2. The number of para-hydroxylation sites is 2. The molecule has 2 heterocycles. The van der Waals surface area contributed by atoms with E-state index in [4.69, 9.17) is 4.74 Å². The maximum Gasteiger partial charge on any atom is 0.292 e. The van der Waals surface area contributed by atoms with Gasteiger partial charge < -0.3 is 14.5 Å². The Kier molecular flexibility index (Phi) is 7.29. The Labute approximate surface area is 197 Å². The van der Waals surface area contributed by atoms with Gasteiger partial charge in [0.05, 0.1) is 16.4 Å². The number of anilines is 1. The summed E-state index contributed by atoms with van der Waals surface area (Å²) in [7, 11) is 0. The largest absolute Gasteiger partial charge is 0.494 e. The normalized spacial score (nSPS) is 17.4. The van der Waals surface area contributed by atoms with Crippen molar-refractivity contribution in [3.05, 3.63) is 69.1 Å². The molecule has 2 aliphatic rings. The van der Waals surface area contributed by atoms with Crippen LogP contribution < -0.4 is 9.64 Å². The first-order valence-electron chi connectivity index (χ1n) is 11.0. The zero-order valence-electron chi connectivity index (χ0n) is 18.5. The molecule has 9 heteroatoms. The molecule has 2 aromatic carbocycles. The Balaban J connectivity index is 1.35. The molecule has 0 N–H and O–H groups in total. The van der Waals surface area contributed by atoms with Crippen LogP contribution in [-0.2, 0) is 4.79 Å². The molecule has 0 saturated carbocycles. The van der Waals surface area contributed by atoms with E-state index in [1.165, 1.54) is 17.8 Å². The Morgan fingerprint density at radius 2 is 1.79 bits per heavy atom. The van der Waals surface area contributed by atoms with Crippen molar-refractivity contribution in [1.29, 1.82) is 0 Å². The molecule has 2 aromatic rings. The zero-order chi connectivity index (χ0) is 23.2. The van der Waals surface area contributed by atoms with Crippen molar-refractivity contribution in [1.82, 2.24) is 4.90 Å². The van der Waals surface area contributed by atoms with Gasteiger partial charge in [0.1, 0.15) is 11.4 Å². The first-order valence-corrected chi connectivity index (χ1v) is 11.9. The van der Waals surface area contributed by atoms with E-state index < -0.39 is 0 Å². The number of rotatable bonds is 7. The van der Waals surface area contributed by atoms with Gasteiger partial charge in [-0.15, -0.1) is 0 Å². The van der Waals surface area contributed by atoms with E-state index in [1.807, 2.05) is 41.3 Å². The van der Waals surface area contributed by atoms with Crippen LogP contribution in [0.1, 0.15) is 25.3 Å². The number of hydrogen-bond donors (Lipinski definition) is 0. The standard InChI is InChI=1S/C24H26N4O4S/c1-2-3-16-32-19-10-8-18(9-11-19)17-22-23(29)25-24(33-22)27-14-12-26(13-15-27)20-6-4-5-7-21(20)28(30)31/h4-11,17H,2-3,12-16H2,1H3. The third-order valence-electron chi connectivity index (χ3n) is 5.52. The van der Waals surface area contributed by atoms with E-state index in [0.29, 0.717) is 48.5 Å². The van der Waals surface area contributed by atoms with Crippen LogP contribution >= 0.6 is 11.8 Å². The molecule has 0 radical (unpaired) electrons. The third-order valence-corrected chi connectivity index (χ3v) is 6.57. The number of ether oxygens (including phenoxy) is 1. The van der Waals surface area contributed by atoms with Crippen molar-refractivity contribution in [2.45, 2.75) is 19.8 Å². The van der Waals surface area contributed by atoms with Crippen molar-refractivity contribution in [2.24, 2.45) is 4.99 Å². The minimum atomic E-state index is -0.349. The van der Waals surface area contributed by atoms with E-state index in [0.717, 1.165) is 24.2 Å². The smallest absolute Gasteiger partial charge is 0.292 e. The summed E-state index contributed by atoms with van der Waals surface area (Å²) in [6.07, 6.45) is 3.96. The second-order valence-corrected chi connectivity index (χ2v) is 8.81. The molecular weight excluding hydrogens is 440 g/mol. The highest BCUT2D eigenvalue weighted by Crippen LogP contribution is 2.33. The molecule has 0 atom stereocenters. The average Bonchev–Trinajstić information content (AvgIpc) is 3.20. The van der Waals surface area contributed by atoms with Crippen molar-refractivity contribution in [3.8, 4) is 5.75 Å². The zero-order valence-corrected chi connectivity index (χ0v) is 19.3. The fourth-order valence-electron chi connectivity index (χ4n) is 3.70. The number of carbonyl (C=O) groups is 1. The summed E-state index contributed by atoms with van der Waals surface area (Å²) in [6.45, 7) is 5.35. The Hall–Kier alpha value is -3.33. The van der Waals surface area contributed by atoms with Crippen LogP contribution in [0.2, 0.25) is 0 Å². The molecule has 33 heavy (non-hydrogen) atoms. The molecule has 0 spiro atoms. The predicted molar refractivity (Wildman–Crippen MR) is 132 cm³/mol. The van der Waals surface area contributed by atoms with Gasteiger partial charge in [-0.1, -0.05) is 37.6 Å². The fourth-order valence-corrected chi connectivity index (χ4v) is 4.67. The van der Waals surface area contributed by atoms with Crippen LogP contribution in [0, 0.1) is 10.1 Å². The topological polar surface area (TPSA) is 88.3 Å². The van der Waals surface area contributed by atoms with Crippen LogP contribution in [0.3, 0.4) is 0 Å². The van der Waals surface area contributed by atoms with E-state index in [1.54, 1.807) is 12.1 Å². The van der Waals surface area contributed by atoms with Gasteiger partial charge in [0.2, 0.25) is 0 Å². The number of piperazine rings is 1. The quantitative estimate of drug-likeness (QED) is 0.256. The van der Waals surface area contributed by atoms with Crippen LogP contribution in [0.15, 0.2) is 58.4 Å². The molecule has 1 fully saturated rings. The summed E-state index contributed by atoms with van der Waals surface area (Å²) in [5.41, 5.74) is 1.66. The van der Waals surface area contributed by atoms with Crippen LogP contribution in [-0.4, -0.2) is 53.7 Å². The summed E-state index contributed by atoms with van der Waals surface area (Å²) in [5.74, 6) is 0.587. The molecule has 172 valence electrons. The van der Waals surface area contributed by atoms with Crippen molar-refractivity contribution in [3.63, 3.8) is 0 Å². The highest BCUT2D eigenvalue weighted by molar-refractivity contribution is 8.18. The molecule has 1 amide bonds. The number of hydrogen-bond acceptors (Lipinski definition) is 7. The van der Waals surface area contributed by atoms with Crippen molar-refractivity contribution in [2.75, 3.05) is 37.7 Å². The maximum atomic E-state index is 12.5. The summed E-state index contributed by atoms with van der Waals surface area (Å²) < 4.78 is 5.69. The van der Waals surface area contributed by atoms with Gasteiger partial charge in [0.15, 0.2) is 5.17 Å². The Morgan fingerprint density at radius 1 is 1.09 bits per heavy atom. The highest BCUT2D eigenvalue weighted by Gasteiger charge is 2.30. The number of benzene rings is 2. The number of unbranched alkanes of at least 4 members (excludes halogenated alkanes) is 1. The number of nitro groups is 1. The molecule has 0 unspecified atom stereocenters. The number of amidine groups is 1. The summed E-state index contributed by atoms with van der Waals surface area (Å²) in [6, 6.07) is 14.5. The second-order valence-electron chi connectivity index (χ2n) is 7.80. The average molecular weight is 467 g/mol. The SMILES string of the molecule is CCCCOc1ccc(C=C2SC(N3CCN(c4ccccc4[N+](=O)[O-])CC3)=NC2=O)cc1. The maximum absolute atomic E-state index is 12.5. The lowest BCUT2D eigenvalue weighted by Crippen LogP contribution is -2.48. The molecule has 8 nitrogen and oxygen atoms in total. The van der Waals surface area contributed by atoms with E-state index in [9.17, 15) is 14.9 Å². The molecule has 2 aliphatic heterocycles. The second kappa shape index (κ2) is 10.5. The number of thioether (sulfide) groups is 1. The van der Waals surface area contributed by atoms with Gasteiger partial charge >= 0.3 is 0 Å². The van der Waals surface area contributed by atoms with E-state index in [-0.39, 0.29) is 16.5 Å². The van der Waals surface area contributed by atoms with Crippen LogP contribution in [0.5, 0.6) is 5.75 Å².